The van der Waals surface area contributed by atoms with Crippen molar-refractivity contribution in [2.45, 2.75) is 56.4 Å². The van der Waals surface area contributed by atoms with Crippen molar-refractivity contribution in [2.75, 3.05) is 0 Å². The number of pyridine rings is 1. The first-order valence-corrected chi connectivity index (χ1v) is 11.9. The van der Waals surface area contributed by atoms with E-state index in [0.717, 1.165) is 48.8 Å². The number of aromatic nitrogens is 1. The third kappa shape index (κ3) is 5.10. The van der Waals surface area contributed by atoms with Gasteiger partial charge >= 0.3 is 0 Å². The molecular weight excluding hydrogens is 430 g/mol. The van der Waals surface area contributed by atoms with Gasteiger partial charge in [-0.25, -0.2) is 0 Å². The number of hydrogen-bond acceptors (Lipinski definition) is 3. The maximum absolute atomic E-state index is 13.7. The molecule has 0 bridgehead atoms. The summed E-state index contributed by atoms with van der Waals surface area (Å²) >= 11 is 6.08. The highest BCUT2D eigenvalue weighted by Crippen LogP contribution is 2.41. The van der Waals surface area contributed by atoms with Crippen molar-refractivity contribution in [1.82, 2.24) is 10.3 Å². The normalized spacial score (nSPS) is 16.5. The fourth-order valence-electron chi connectivity index (χ4n) is 5.01. The zero-order valence-corrected chi connectivity index (χ0v) is 19.6. The number of halogens is 1. The van der Waals surface area contributed by atoms with Crippen molar-refractivity contribution in [3.05, 3.63) is 100 Å². The lowest BCUT2D eigenvalue weighted by Gasteiger charge is -2.32. The largest absolute Gasteiger partial charge is 0.352 e. The summed E-state index contributed by atoms with van der Waals surface area (Å²) in [6, 6.07) is 21.5. The van der Waals surface area contributed by atoms with Gasteiger partial charge in [0.1, 0.15) is 0 Å². The molecule has 0 spiro atoms. The Morgan fingerprint density at radius 1 is 1.15 bits per heavy atom. The number of carbonyl (C=O) groups is 1. The highest BCUT2D eigenvalue weighted by molar-refractivity contribution is 6.30. The molecule has 1 aromatic heterocycles. The molecule has 168 valence electrons. The van der Waals surface area contributed by atoms with Crippen LogP contribution in [0.2, 0.25) is 5.02 Å². The molecule has 2 unspecified atom stereocenters. The van der Waals surface area contributed by atoms with Gasteiger partial charge in [-0.2, -0.15) is 5.26 Å². The first-order valence-electron chi connectivity index (χ1n) is 11.5. The Bertz CT molecular complexity index is 1130. The van der Waals surface area contributed by atoms with Gasteiger partial charge in [0.25, 0.3) is 0 Å². The molecule has 0 saturated heterocycles. The molecule has 1 fully saturated rings. The number of nitriles is 1. The molecule has 2 atom stereocenters. The predicted molar refractivity (Wildman–Crippen MR) is 131 cm³/mol. The van der Waals surface area contributed by atoms with Crippen LogP contribution in [0.3, 0.4) is 0 Å². The van der Waals surface area contributed by atoms with Gasteiger partial charge in [-0.1, -0.05) is 54.8 Å². The van der Waals surface area contributed by atoms with Gasteiger partial charge in [0.15, 0.2) is 0 Å². The van der Waals surface area contributed by atoms with Gasteiger partial charge < -0.3 is 5.32 Å². The predicted octanol–water partition coefficient (Wildman–Crippen LogP) is 5.95. The van der Waals surface area contributed by atoms with Crippen molar-refractivity contribution < 1.29 is 4.79 Å². The lowest BCUT2D eigenvalue weighted by atomic mass is 9.78. The summed E-state index contributed by atoms with van der Waals surface area (Å²) in [5.74, 6) is 0.0776. The summed E-state index contributed by atoms with van der Waals surface area (Å²) in [4.78, 5) is 18.0. The maximum Gasteiger partial charge on any atom is 0.230 e. The fourth-order valence-corrected chi connectivity index (χ4v) is 5.14. The lowest BCUT2D eigenvalue weighted by Crippen LogP contribution is -2.48. The third-order valence-electron chi connectivity index (χ3n) is 6.88. The van der Waals surface area contributed by atoms with Crippen molar-refractivity contribution in [3.8, 4) is 6.07 Å². The van der Waals surface area contributed by atoms with E-state index in [1.807, 2.05) is 66.9 Å². The van der Waals surface area contributed by atoms with Gasteiger partial charge in [0.05, 0.1) is 17.0 Å². The van der Waals surface area contributed by atoms with E-state index in [2.05, 4.69) is 23.3 Å². The summed E-state index contributed by atoms with van der Waals surface area (Å²) < 4.78 is 0. The Hall–Kier alpha value is -3.16. The molecule has 5 heteroatoms. The van der Waals surface area contributed by atoms with Crippen LogP contribution in [0, 0.1) is 11.3 Å². The minimum Gasteiger partial charge on any atom is -0.352 e. The second-order valence-corrected chi connectivity index (χ2v) is 9.40. The number of hydrogen-bond donors (Lipinski definition) is 1. The quantitative estimate of drug-likeness (QED) is 0.476. The summed E-state index contributed by atoms with van der Waals surface area (Å²) in [5, 5.41) is 13.5. The molecule has 0 aliphatic heterocycles. The number of amides is 1. The molecule has 2 aromatic carbocycles. The summed E-state index contributed by atoms with van der Waals surface area (Å²) in [7, 11) is 0. The Morgan fingerprint density at radius 2 is 1.91 bits per heavy atom. The number of nitrogens with zero attached hydrogens (tertiary/aromatic N) is 2. The topological polar surface area (TPSA) is 65.8 Å². The van der Waals surface area contributed by atoms with Crippen molar-refractivity contribution in [2.24, 2.45) is 0 Å². The smallest absolute Gasteiger partial charge is 0.230 e. The minimum absolute atomic E-state index is 0.00998. The van der Waals surface area contributed by atoms with Crippen LogP contribution < -0.4 is 5.32 Å². The molecule has 0 radical (unpaired) electrons. The molecule has 1 aliphatic rings. The highest BCUT2D eigenvalue weighted by Gasteiger charge is 2.43. The summed E-state index contributed by atoms with van der Waals surface area (Å²) in [5.41, 5.74) is 3.26. The number of carbonyl (C=O) groups excluding carboxylic acids is 1. The Balaban J connectivity index is 1.62. The van der Waals surface area contributed by atoms with Crippen molar-refractivity contribution >= 4 is 17.5 Å². The van der Waals surface area contributed by atoms with Crippen LogP contribution in [-0.4, -0.2) is 16.9 Å². The molecule has 1 saturated carbocycles. The Kier molecular flexibility index (Phi) is 7.11. The van der Waals surface area contributed by atoms with Gasteiger partial charge in [-0.05, 0) is 73.2 Å². The van der Waals surface area contributed by atoms with Crippen LogP contribution in [0.4, 0.5) is 0 Å². The van der Waals surface area contributed by atoms with Crippen LogP contribution in [0.25, 0.3) is 0 Å². The summed E-state index contributed by atoms with van der Waals surface area (Å²) in [6.45, 7) is 2.06. The first-order chi connectivity index (χ1) is 16.0. The van der Waals surface area contributed by atoms with Gasteiger partial charge in [-0.3, -0.25) is 9.78 Å². The second kappa shape index (κ2) is 10.2. The number of benzene rings is 2. The van der Waals surface area contributed by atoms with E-state index >= 15 is 0 Å². The standard InChI is InChI=1S/C28H28ClN3O/c1-20(32-27(33)28(13-2-3-14-28)24-8-5-15-31-19-24)26(17-21-9-11-25(29)12-10-21)23-7-4-6-22(16-23)18-30/h4-12,15-16,19-20,26H,2-3,13-14,17H2,1H3,(H,32,33). The fraction of sp³-hybridized carbons (Fsp3) is 0.321. The Labute approximate surface area is 200 Å². The molecule has 1 amide bonds. The van der Waals surface area contributed by atoms with E-state index < -0.39 is 5.41 Å². The van der Waals surface area contributed by atoms with E-state index in [0.29, 0.717) is 10.6 Å². The van der Waals surface area contributed by atoms with Crippen LogP contribution in [0.15, 0.2) is 73.1 Å². The highest BCUT2D eigenvalue weighted by atomic mass is 35.5. The van der Waals surface area contributed by atoms with E-state index in [4.69, 9.17) is 11.6 Å². The molecule has 1 heterocycles. The van der Waals surface area contributed by atoms with E-state index in [-0.39, 0.29) is 17.9 Å². The van der Waals surface area contributed by atoms with E-state index in [9.17, 15) is 10.1 Å². The molecule has 3 aromatic rings. The minimum atomic E-state index is -0.526. The zero-order chi connectivity index (χ0) is 23.3. The van der Waals surface area contributed by atoms with Crippen molar-refractivity contribution in [3.63, 3.8) is 0 Å². The van der Waals surface area contributed by atoms with Crippen molar-refractivity contribution in [1.29, 1.82) is 5.26 Å². The SMILES string of the molecule is CC(NC(=O)C1(c2cccnc2)CCCC1)C(Cc1ccc(Cl)cc1)c1cccc(C#N)c1. The second-order valence-electron chi connectivity index (χ2n) is 8.97. The van der Waals surface area contributed by atoms with E-state index in [1.165, 1.54) is 0 Å². The first kappa shape index (κ1) is 23.0. The molecule has 1 aliphatic carbocycles. The van der Waals surface area contributed by atoms with Gasteiger partial charge in [-0.15, -0.1) is 0 Å². The lowest BCUT2D eigenvalue weighted by molar-refractivity contribution is -0.127. The number of nitrogens with one attached hydrogen (secondary N) is 1. The molecule has 1 N–H and O–H groups in total. The Morgan fingerprint density at radius 3 is 2.58 bits per heavy atom. The molecule has 33 heavy (non-hydrogen) atoms. The molecule has 4 nitrogen and oxygen atoms in total. The van der Waals surface area contributed by atoms with Crippen LogP contribution in [0.5, 0.6) is 0 Å². The van der Waals surface area contributed by atoms with Crippen LogP contribution >= 0.6 is 11.6 Å². The number of rotatable bonds is 7. The van der Waals surface area contributed by atoms with E-state index in [1.54, 1.807) is 6.20 Å². The summed E-state index contributed by atoms with van der Waals surface area (Å²) in [6.07, 6.45) is 8.05. The van der Waals surface area contributed by atoms with Crippen LogP contribution in [-0.2, 0) is 16.6 Å². The molecular formula is C28H28ClN3O. The van der Waals surface area contributed by atoms with Crippen LogP contribution in [0.1, 0.15) is 60.8 Å². The monoisotopic (exact) mass is 457 g/mol. The average Bonchev–Trinajstić information content (AvgIpc) is 3.35. The third-order valence-corrected chi connectivity index (χ3v) is 7.13. The van der Waals surface area contributed by atoms with Gasteiger partial charge in [0, 0.05) is 29.4 Å². The van der Waals surface area contributed by atoms with Gasteiger partial charge in [0.2, 0.25) is 5.91 Å². The zero-order valence-electron chi connectivity index (χ0n) is 18.8. The average molecular weight is 458 g/mol. The maximum atomic E-state index is 13.7. The molecule has 4 rings (SSSR count).